The number of benzene rings is 1. The number of fused-ring (bicyclic) bond motifs is 1. The lowest BCUT2D eigenvalue weighted by Crippen LogP contribution is -2.43. The molecule has 1 aromatic heterocycles. The highest BCUT2D eigenvalue weighted by atomic mass is 32.1. The van der Waals surface area contributed by atoms with Gasteiger partial charge >= 0.3 is 0 Å². The molecule has 1 saturated heterocycles. The molecule has 1 N–H and O–H groups in total. The van der Waals surface area contributed by atoms with Crippen molar-refractivity contribution in [2.24, 2.45) is 5.92 Å². The molecule has 0 radical (unpaired) electrons. The molecule has 2 heterocycles. The summed E-state index contributed by atoms with van der Waals surface area (Å²) in [7, 11) is 0. The van der Waals surface area contributed by atoms with Gasteiger partial charge in [-0.3, -0.25) is 9.59 Å². The molecule has 3 rings (SSSR count). The van der Waals surface area contributed by atoms with Crippen molar-refractivity contribution in [3.8, 4) is 0 Å². The summed E-state index contributed by atoms with van der Waals surface area (Å²) in [6, 6.07) is 4.20. The second kappa shape index (κ2) is 6.89. The number of piperidine rings is 1. The van der Waals surface area contributed by atoms with Crippen LogP contribution in [0.3, 0.4) is 0 Å². The molecule has 24 heavy (non-hydrogen) atoms. The van der Waals surface area contributed by atoms with Gasteiger partial charge in [0.1, 0.15) is 0 Å². The molecule has 1 aliphatic heterocycles. The van der Waals surface area contributed by atoms with Crippen molar-refractivity contribution in [3.63, 3.8) is 0 Å². The molecule has 2 aromatic rings. The minimum absolute atomic E-state index is 0.0305. The number of aromatic nitrogens is 1. The van der Waals surface area contributed by atoms with E-state index in [1.54, 1.807) is 4.90 Å². The summed E-state index contributed by atoms with van der Waals surface area (Å²) in [5.41, 5.74) is 3.27. The van der Waals surface area contributed by atoms with Gasteiger partial charge < -0.3 is 10.2 Å². The van der Waals surface area contributed by atoms with Crippen molar-refractivity contribution in [2.45, 2.75) is 40.0 Å². The first-order chi connectivity index (χ1) is 11.5. The lowest BCUT2D eigenvalue weighted by atomic mass is 9.97. The minimum Gasteiger partial charge on any atom is -0.342 e. The van der Waals surface area contributed by atoms with Crippen LogP contribution in [-0.2, 0) is 9.59 Å². The van der Waals surface area contributed by atoms with Gasteiger partial charge in [-0.1, -0.05) is 24.3 Å². The third kappa shape index (κ3) is 3.43. The molecule has 0 aliphatic carbocycles. The van der Waals surface area contributed by atoms with E-state index in [1.807, 2.05) is 13.8 Å². The molecular formula is C18H23N3O2S. The summed E-state index contributed by atoms with van der Waals surface area (Å²) in [6.07, 6.45) is 2.19. The fourth-order valence-electron chi connectivity index (χ4n) is 3.27. The van der Waals surface area contributed by atoms with E-state index in [0.29, 0.717) is 18.1 Å². The summed E-state index contributed by atoms with van der Waals surface area (Å²) >= 11 is 1.51. The van der Waals surface area contributed by atoms with Crippen LogP contribution in [0.5, 0.6) is 0 Å². The number of hydrogen-bond acceptors (Lipinski definition) is 4. The summed E-state index contributed by atoms with van der Waals surface area (Å²) in [4.78, 5) is 30.8. The van der Waals surface area contributed by atoms with Crippen molar-refractivity contribution in [1.82, 2.24) is 9.88 Å². The summed E-state index contributed by atoms with van der Waals surface area (Å²) in [5.74, 6) is -0.0558. The average Bonchev–Trinajstić information content (AvgIpc) is 2.96. The third-order valence-electron chi connectivity index (χ3n) is 4.51. The fourth-order valence-corrected chi connectivity index (χ4v) is 4.32. The van der Waals surface area contributed by atoms with E-state index in [2.05, 4.69) is 29.4 Å². The number of likely N-dealkylation sites (tertiary alicyclic amines) is 1. The normalized spacial score (nSPS) is 18.0. The first-order valence-electron chi connectivity index (χ1n) is 8.44. The number of thiazole rings is 1. The maximum Gasteiger partial charge on any atom is 0.231 e. The second-order valence-corrected chi connectivity index (χ2v) is 7.50. The number of nitrogens with zero attached hydrogens (tertiary/aromatic N) is 2. The van der Waals surface area contributed by atoms with Crippen LogP contribution in [0.15, 0.2) is 12.1 Å². The molecule has 1 unspecified atom stereocenters. The molecular weight excluding hydrogens is 322 g/mol. The zero-order valence-electron chi connectivity index (χ0n) is 14.4. The minimum atomic E-state index is -0.149. The number of carbonyl (C=O) groups excluding carboxylic acids is 2. The van der Waals surface area contributed by atoms with Gasteiger partial charge in [-0.25, -0.2) is 4.98 Å². The number of aryl methyl sites for hydroxylation is 2. The number of nitrogens with one attached hydrogen (secondary N) is 1. The quantitative estimate of drug-likeness (QED) is 0.926. The monoisotopic (exact) mass is 345 g/mol. The third-order valence-corrected chi connectivity index (χ3v) is 5.43. The maximum absolute atomic E-state index is 12.6. The number of anilines is 1. The predicted molar refractivity (Wildman–Crippen MR) is 97.3 cm³/mol. The SMILES string of the molecule is CCC(=O)N1CCCC(C(=O)Nc2nc3c(C)cc(C)cc3s2)C1. The van der Waals surface area contributed by atoms with Gasteiger partial charge in [0.2, 0.25) is 11.8 Å². The molecule has 1 fully saturated rings. The van der Waals surface area contributed by atoms with Crippen LogP contribution < -0.4 is 5.32 Å². The number of carbonyl (C=O) groups is 2. The van der Waals surface area contributed by atoms with E-state index in [-0.39, 0.29) is 17.7 Å². The van der Waals surface area contributed by atoms with Crippen LogP contribution in [0.2, 0.25) is 0 Å². The van der Waals surface area contributed by atoms with Crippen molar-refractivity contribution < 1.29 is 9.59 Å². The average molecular weight is 345 g/mol. The Hall–Kier alpha value is -1.95. The molecule has 2 amide bonds. The topological polar surface area (TPSA) is 62.3 Å². The Kier molecular flexibility index (Phi) is 4.85. The zero-order chi connectivity index (χ0) is 17.3. The molecule has 0 bridgehead atoms. The summed E-state index contributed by atoms with van der Waals surface area (Å²) < 4.78 is 1.09. The Morgan fingerprint density at radius 1 is 1.38 bits per heavy atom. The molecule has 0 saturated carbocycles. The van der Waals surface area contributed by atoms with Gasteiger partial charge in [0.05, 0.1) is 16.1 Å². The van der Waals surface area contributed by atoms with Gasteiger partial charge in [0.15, 0.2) is 5.13 Å². The van der Waals surface area contributed by atoms with E-state index < -0.39 is 0 Å². The van der Waals surface area contributed by atoms with Crippen LogP contribution in [0.1, 0.15) is 37.3 Å². The van der Waals surface area contributed by atoms with E-state index in [1.165, 1.54) is 16.9 Å². The van der Waals surface area contributed by atoms with E-state index >= 15 is 0 Å². The summed E-state index contributed by atoms with van der Waals surface area (Å²) in [6.45, 7) is 7.23. The standard InChI is InChI=1S/C18H23N3O2S/c1-4-15(22)21-7-5-6-13(10-21)17(23)20-18-19-16-12(3)8-11(2)9-14(16)24-18/h8-9,13H,4-7,10H2,1-3H3,(H,19,20,23). The van der Waals surface area contributed by atoms with E-state index in [4.69, 9.17) is 0 Å². The van der Waals surface area contributed by atoms with Crippen molar-refractivity contribution in [1.29, 1.82) is 0 Å². The first kappa shape index (κ1) is 16.9. The van der Waals surface area contributed by atoms with Crippen molar-refractivity contribution in [3.05, 3.63) is 23.3 Å². The van der Waals surface area contributed by atoms with Crippen LogP contribution in [0, 0.1) is 19.8 Å². The molecule has 1 atom stereocenters. The predicted octanol–water partition coefficient (Wildman–Crippen LogP) is 3.50. The van der Waals surface area contributed by atoms with Crippen LogP contribution in [-0.4, -0.2) is 34.8 Å². The molecule has 128 valence electrons. The van der Waals surface area contributed by atoms with Gasteiger partial charge in [-0.15, -0.1) is 0 Å². The van der Waals surface area contributed by atoms with Crippen LogP contribution in [0.4, 0.5) is 5.13 Å². The van der Waals surface area contributed by atoms with Gasteiger partial charge in [-0.05, 0) is 43.9 Å². The highest BCUT2D eigenvalue weighted by Crippen LogP contribution is 2.30. The smallest absolute Gasteiger partial charge is 0.231 e. The Morgan fingerprint density at radius 3 is 2.92 bits per heavy atom. The number of hydrogen-bond donors (Lipinski definition) is 1. The largest absolute Gasteiger partial charge is 0.342 e. The second-order valence-electron chi connectivity index (χ2n) is 6.47. The first-order valence-corrected chi connectivity index (χ1v) is 9.26. The molecule has 1 aromatic carbocycles. The lowest BCUT2D eigenvalue weighted by Gasteiger charge is -2.31. The van der Waals surface area contributed by atoms with E-state index in [0.717, 1.165) is 35.2 Å². The Bertz CT molecular complexity index is 784. The van der Waals surface area contributed by atoms with Crippen molar-refractivity contribution in [2.75, 3.05) is 18.4 Å². The summed E-state index contributed by atoms with van der Waals surface area (Å²) in [5, 5.41) is 3.60. The van der Waals surface area contributed by atoms with E-state index in [9.17, 15) is 9.59 Å². The number of rotatable bonds is 3. The van der Waals surface area contributed by atoms with Gasteiger partial charge in [0, 0.05) is 19.5 Å². The van der Waals surface area contributed by atoms with Crippen LogP contribution in [0.25, 0.3) is 10.2 Å². The fraction of sp³-hybridized carbons (Fsp3) is 0.500. The Labute approximate surface area is 146 Å². The lowest BCUT2D eigenvalue weighted by molar-refractivity contribution is -0.134. The molecule has 5 nitrogen and oxygen atoms in total. The van der Waals surface area contributed by atoms with Crippen molar-refractivity contribution >= 4 is 38.5 Å². The molecule has 6 heteroatoms. The van der Waals surface area contributed by atoms with Gasteiger partial charge in [-0.2, -0.15) is 0 Å². The zero-order valence-corrected chi connectivity index (χ0v) is 15.2. The Balaban J connectivity index is 1.72. The van der Waals surface area contributed by atoms with Gasteiger partial charge in [0.25, 0.3) is 0 Å². The Morgan fingerprint density at radius 2 is 2.17 bits per heavy atom. The molecule has 1 aliphatic rings. The maximum atomic E-state index is 12.6. The highest BCUT2D eigenvalue weighted by molar-refractivity contribution is 7.22. The highest BCUT2D eigenvalue weighted by Gasteiger charge is 2.28. The molecule has 0 spiro atoms. The number of amides is 2. The van der Waals surface area contributed by atoms with Crippen LogP contribution >= 0.6 is 11.3 Å².